The molecule has 1 aromatic carbocycles. The van der Waals surface area contributed by atoms with Crippen LogP contribution in [0.3, 0.4) is 0 Å². The molecule has 1 nitrogen and oxygen atoms in total. The van der Waals surface area contributed by atoms with Crippen molar-refractivity contribution in [2.45, 2.75) is 39.2 Å². The summed E-state index contributed by atoms with van der Waals surface area (Å²) in [5.41, 5.74) is 1.28. The number of anilines is 1. The van der Waals surface area contributed by atoms with Crippen molar-refractivity contribution in [1.82, 2.24) is 0 Å². The molecule has 18 heavy (non-hydrogen) atoms. The van der Waals surface area contributed by atoms with E-state index in [4.69, 9.17) is 0 Å². The molecule has 0 spiro atoms. The van der Waals surface area contributed by atoms with E-state index in [2.05, 4.69) is 48.8 Å². The molecule has 1 heterocycles. The van der Waals surface area contributed by atoms with Crippen molar-refractivity contribution in [2.75, 3.05) is 5.32 Å². The van der Waals surface area contributed by atoms with Crippen molar-refractivity contribution in [3.63, 3.8) is 0 Å². The van der Waals surface area contributed by atoms with E-state index in [1.54, 1.807) is 0 Å². The monoisotopic (exact) mass is 259 g/mol. The molecule has 0 aliphatic heterocycles. The third kappa shape index (κ3) is 2.54. The van der Waals surface area contributed by atoms with Gasteiger partial charge in [0, 0.05) is 16.4 Å². The second kappa shape index (κ2) is 4.93. The largest absolute Gasteiger partial charge is 0.382 e. The van der Waals surface area contributed by atoms with Gasteiger partial charge in [-0.3, -0.25) is 0 Å². The maximum Gasteiger partial charge on any atom is 0.0349 e. The van der Waals surface area contributed by atoms with Gasteiger partial charge < -0.3 is 5.32 Å². The van der Waals surface area contributed by atoms with Gasteiger partial charge in [-0.05, 0) is 66.1 Å². The van der Waals surface area contributed by atoms with Crippen LogP contribution in [-0.2, 0) is 0 Å². The molecule has 1 fully saturated rings. The summed E-state index contributed by atoms with van der Waals surface area (Å²) in [7, 11) is 0. The number of fused-ring (bicyclic) bond motifs is 1. The molecular formula is C16H21NS. The summed E-state index contributed by atoms with van der Waals surface area (Å²) in [6, 6.07) is 9.60. The van der Waals surface area contributed by atoms with E-state index in [-0.39, 0.29) is 0 Å². The minimum absolute atomic E-state index is 0.653. The summed E-state index contributed by atoms with van der Waals surface area (Å²) in [5, 5.41) is 7.26. The van der Waals surface area contributed by atoms with Gasteiger partial charge in [-0.1, -0.05) is 13.8 Å². The molecule has 1 aliphatic rings. The Morgan fingerprint density at radius 2 is 1.83 bits per heavy atom. The predicted molar refractivity (Wildman–Crippen MR) is 81.4 cm³/mol. The quantitative estimate of drug-likeness (QED) is 0.787. The highest BCUT2D eigenvalue weighted by Gasteiger charge is 2.23. The zero-order valence-corrected chi connectivity index (χ0v) is 12.0. The lowest BCUT2D eigenvalue weighted by atomic mass is 9.80. The standard InChI is InChI=1S/C16H21NS/c1-11-7-12(2)9-15(8-11)17-14-3-4-16-13(10-14)5-6-18-16/h3-6,10-12,15,17H,7-9H2,1-2H3. The van der Waals surface area contributed by atoms with Gasteiger partial charge in [-0.2, -0.15) is 0 Å². The molecule has 1 aromatic heterocycles. The average Bonchev–Trinajstić information content (AvgIpc) is 2.74. The summed E-state index contributed by atoms with van der Waals surface area (Å²) in [6.45, 7) is 4.76. The topological polar surface area (TPSA) is 12.0 Å². The van der Waals surface area contributed by atoms with Crippen LogP contribution in [0.2, 0.25) is 0 Å². The van der Waals surface area contributed by atoms with Crippen LogP contribution in [0.15, 0.2) is 29.6 Å². The zero-order chi connectivity index (χ0) is 12.5. The van der Waals surface area contributed by atoms with Crippen molar-refractivity contribution in [3.8, 4) is 0 Å². The predicted octanol–water partition coefficient (Wildman–Crippen LogP) is 5.14. The number of benzene rings is 1. The van der Waals surface area contributed by atoms with E-state index in [1.807, 2.05) is 11.3 Å². The smallest absolute Gasteiger partial charge is 0.0349 e. The number of rotatable bonds is 2. The Balaban J connectivity index is 1.74. The van der Waals surface area contributed by atoms with Gasteiger partial charge in [-0.15, -0.1) is 11.3 Å². The first kappa shape index (κ1) is 12.0. The van der Waals surface area contributed by atoms with E-state index in [1.165, 1.54) is 35.0 Å². The Morgan fingerprint density at radius 1 is 1.06 bits per heavy atom. The molecule has 0 bridgehead atoms. The number of hydrogen-bond donors (Lipinski definition) is 1. The van der Waals surface area contributed by atoms with Crippen molar-refractivity contribution in [2.24, 2.45) is 11.8 Å². The molecule has 2 aromatic rings. The molecule has 2 atom stereocenters. The molecule has 2 heteroatoms. The Labute approximate surface area is 113 Å². The molecule has 1 saturated carbocycles. The van der Waals surface area contributed by atoms with Gasteiger partial charge in [0.15, 0.2) is 0 Å². The summed E-state index contributed by atoms with van der Waals surface area (Å²) in [5.74, 6) is 1.72. The minimum atomic E-state index is 0.653. The molecule has 2 unspecified atom stereocenters. The van der Waals surface area contributed by atoms with Crippen LogP contribution >= 0.6 is 11.3 Å². The van der Waals surface area contributed by atoms with Crippen LogP contribution in [0.1, 0.15) is 33.1 Å². The summed E-state index contributed by atoms with van der Waals surface area (Å²) >= 11 is 1.82. The molecule has 3 rings (SSSR count). The number of thiophene rings is 1. The number of hydrogen-bond acceptors (Lipinski definition) is 2. The molecular weight excluding hydrogens is 238 g/mol. The van der Waals surface area contributed by atoms with Crippen LogP contribution in [0.25, 0.3) is 10.1 Å². The Bertz CT molecular complexity index is 521. The van der Waals surface area contributed by atoms with Crippen LogP contribution in [0.5, 0.6) is 0 Å². The Hall–Kier alpha value is -1.02. The second-order valence-electron chi connectivity index (χ2n) is 5.93. The summed E-state index contributed by atoms with van der Waals surface area (Å²) < 4.78 is 1.38. The lowest BCUT2D eigenvalue weighted by Crippen LogP contribution is -2.30. The van der Waals surface area contributed by atoms with Gasteiger partial charge in [0.2, 0.25) is 0 Å². The fourth-order valence-electron chi connectivity index (χ4n) is 3.36. The first-order valence-corrected chi connectivity index (χ1v) is 7.82. The molecule has 0 radical (unpaired) electrons. The van der Waals surface area contributed by atoms with Crippen LogP contribution in [0, 0.1) is 11.8 Å². The van der Waals surface area contributed by atoms with Crippen LogP contribution in [0.4, 0.5) is 5.69 Å². The van der Waals surface area contributed by atoms with Gasteiger partial charge in [0.05, 0.1) is 0 Å². The van der Waals surface area contributed by atoms with Crippen molar-refractivity contribution in [1.29, 1.82) is 0 Å². The molecule has 1 aliphatic carbocycles. The van der Waals surface area contributed by atoms with Gasteiger partial charge in [-0.25, -0.2) is 0 Å². The van der Waals surface area contributed by atoms with Gasteiger partial charge >= 0.3 is 0 Å². The first-order chi connectivity index (χ1) is 8.70. The highest BCUT2D eigenvalue weighted by molar-refractivity contribution is 7.17. The number of nitrogens with one attached hydrogen (secondary N) is 1. The Kier molecular flexibility index (Phi) is 3.29. The van der Waals surface area contributed by atoms with E-state index >= 15 is 0 Å². The van der Waals surface area contributed by atoms with Crippen molar-refractivity contribution < 1.29 is 0 Å². The Morgan fingerprint density at radius 3 is 2.61 bits per heavy atom. The first-order valence-electron chi connectivity index (χ1n) is 6.94. The maximum atomic E-state index is 3.73. The van der Waals surface area contributed by atoms with E-state index in [0.717, 1.165) is 11.8 Å². The van der Waals surface area contributed by atoms with Crippen LogP contribution in [-0.4, -0.2) is 6.04 Å². The lowest BCUT2D eigenvalue weighted by Gasteiger charge is -2.32. The van der Waals surface area contributed by atoms with Gasteiger partial charge in [0.1, 0.15) is 0 Å². The second-order valence-corrected chi connectivity index (χ2v) is 6.88. The average molecular weight is 259 g/mol. The van der Waals surface area contributed by atoms with E-state index < -0.39 is 0 Å². The van der Waals surface area contributed by atoms with Crippen molar-refractivity contribution >= 4 is 27.1 Å². The summed E-state index contributed by atoms with van der Waals surface area (Å²) in [4.78, 5) is 0. The maximum absolute atomic E-state index is 3.73. The molecule has 1 N–H and O–H groups in total. The fourth-order valence-corrected chi connectivity index (χ4v) is 4.13. The normalized spacial score (nSPS) is 28.4. The van der Waals surface area contributed by atoms with Crippen LogP contribution < -0.4 is 5.32 Å². The van der Waals surface area contributed by atoms with E-state index in [0.29, 0.717) is 6.04 Å². The highest BCUT2D eigenvalue weighted by atomic mass is 32.1. The SMILES string of the molecule is CC1CC(C)CC(Nc2ccc3sccc3c2)C1. The van der Waals surface area contributed by atoms with Crippen molar-refractivity contribution in [3.05, 3.63) is 29.6 Å². The minimum Gasteiger partial charge on any atom is -0.382 e. The molecule has 96 valence electrons. The lowest BCUT2D eigenvalue weighted by molar-refractivity contribution is 0.281. The third-order valence-electron chi connectivity index (χ3n) is 4.00. The fraction of sp³-hybridized carbons (Fsp3) is 0.500. The summed E-state index contributed by atoms with van der Waals surface area (Å²) in [6.07, 6.45) is 4.01. The molecule has 0 saturated heterocycles. The zero-order valence-electron chi connectivity index (χ0n) is 11.1. The molecule has 0 amide bonds. The van der Waals surface area contributed by atoms with E-state index in [9.17, 15) is 0 Å². The highest BCUT2D eigenvalue weighted by Crippen LogP contribution is 2.31. The van der Waals surface area contributed by atoms with Gasteiger partial charge in [0.25, 0.3) is 0 Å². The third-order valence-corrected chi connectivity index (χ3v) is 4.90.